The van der Waals surface area contributed by atoms with Crippen molar-refractivity contribution in [1.82, 2.24) is 0 Å². The van der Waals surface area contributed by atoms with Gasteiger partial charge in [0.1, 0.15) is 0 Å². The molecule has 1 aromatic rings. The van der Waals surface area contributed by atoms with Crippen LogP contribution in [0, 0.1) is 10.1 Å². The number of halogens is 1. The molecule has 7 heteroatoms. The predicted octanol–water partition coefficient (Wildman–Crippen LogP) is 2.08. The van der Waals surface area contributed by atoms with Crippen molar-refractivity contribution in [2.45, 2.75) is 4.90 Å². The van der Waals surface area contributed by atoms with Gasteiger partial charge in [-0.25, -0.2) is 8.42 Å². The van der Waals surface area contributed by atoms with Gasteiger partial charge < -0.3 is 0 Å². The second kappa shape index (κ2) is 3.14. The molecule has 0 atom stereocenters. The second-order valence-electron chi connectivity index (χ2n) is 2.95. The lowest BCUT2D eigenvalue weighted by Crippen LogP contribution is -1.95. The lowest BCUT2D eigenvalue weighted by molar-refractivity contribution is -0.385. The molecule has 0 bridgehead atoms. The SMILES string of the molecule is O=[N+]([O-])c1ccc2c(c1)S(=O)(=O)C=C2Br. The molecule has 0 radical (unpaired) electrons. The topological polar surface area (TPSA) is 77.3 Å². The van der Waals surface area contributed by atoms with Gasteiger partial charge in [-0.15, -0.1) is 0 Å². The van der Waals surface area contributed by atoms with Crippen LogP contribution >= 0.6 is 15.9 Å². The van der Waals surface area contributed by atoms with E-state index >= 15 is 0 Å². The van der Waals surface area contributed by atoms with Crippen LogP contribution in [0.4, 0.5) is 5.69 Å². The smallest absolute Gasteiger partial charge is 0.258 e. The summed E-state index contributed by atoms with van der Waals surface area (Å²) in [6, 6.07) is 3.75. The average molecular weight is 290 g/mol. The van der Waals surface area contributed by atoms with Gasteiger partial charge in [0.25, 0.3) is 5.69 Å². The van der Waals surface area contributed by atoms with Gasteiger partial charge in [0, 0.05) is 22.2 Å². The molecular weight excluding hydrogens is 286 g/mol. The minimum absolute atomic E-state index is 0.0245. The number of rotatable bonds is 1. The van der Waals surface area contributed by atoms with E-state index in [9.17, 15) is 18.5 Å². The van der Waals surface area contributed by atoms with E-state index in [1.54, 1.807) is 0 Å². The first-order valence-corrected chi connectivity index (χ1v) is 6.17. The maximum absolute atomic E-state index is 11.5. The van der Waals surface area contributed by atoms with Crippen LogP contribution in [0.5, 0.6) is 0 Å². The summed E-state index contributed by atoms with van der Waals surface area (Å²) in [5.74, 6) is 0. The molecule has 15 heavy (non-hydrogen) atoms. The quantitative estimate of drug-likeness (QED) is 0.586. The first-order chi connectivity index (χ1) is 6.92. The number of hydrogen-bond donors (Lipinski definition) is 0. The third-order valence-electron chi connectivity index (χ3n) is 2.00. The number of non-ortho nitro benzene ring substituents is 1. The summed E-state index contributed by atoms with van der Waals surface area (Å²) in [4.78, 5) is 9.83. The Labute approximate surface area is 93.6 Å². The summed E-state index contributed by atoms with van der Waals surface area (Å²) in [5.41, 5.74) is 0.230. The molecule has 0 spiro atoms. The largest absolute Gasteiger partial charge is 0.270 e. The molecule has 0 fully saturated rings. The zero-order chi connectivity index (χ0) is 11.2. The highest BCUT2D eigenvalue weighted by Crippen LogP contribution is 2.38. The van der Waals surface area contributed by atoms with Crippen molar-refractivity contribution >= 4 is 35.9 Å². The Bertz CT molecular complexity index is 591. The van der Waals surface area contributed by atoms with Gasteiger partial charge >= 0.3 is 0 Å². The minimum Gasteiger partial charge on any atom is -0.258 e. The van der Waals surface area contributed by atoms with Crippen LogP contribution < -0.4 is 0 Å². The van der Waals surface area contributed by atoms with Gasteiger partial charge in [-0.3, -0.25) is 10.1 Å². The van der Waals surface area contributed by atoms with E-state index in [0.717, 1.165) is 11.5 Å². The molecule has 1 aromatic carbocycles. The van der Waals surface area contributed by atoms with Crippen LogP contribution in [0.1, 0.15) is 5.56 Å². The number of fused-ring (bicyclic) bond motifs is 1. The summed E-state index contributed by atoms with van der Waals surface area (Å²) in [6.45, 7) is 0. The van der Waals surface area contributed by atoms with Crippen LogP contribution in [0.3, 0.4) is 0 Å². The normalized spacial score (nSPS) is 17.0. The Morgan fingerprint density at radius 2 is 2.00 bits per heavy atom. The van der Waals surface area contributed by atoms with Crippen molar-refractivity contribution in [3.8, 4) is 0 Å². The standard InChI is InChI=1S/C8H4BrNO4S/c9-7-4-15(13,14)8-3-5(10(11)12)1-2-6(7)8/h1-4H. The van der Waals surface area contributed by atoms with Gasteiger partial charge in [0.15, 0.2) is 0 Å². The summed E-state index contributed by atoms with van der Waals surface area (Å²) in [7, 11) is -3.52. The monoisotopic (exact) mass is 289 g/mol. The number of hydrogen-bond acceptors (Lipinski definition) is 4. The fourth-order valence-electron chi connectivity index (χ4n) is 1.32. The van der Waals surface area contributed by atoms with E-state index < -0.39 is 14.8 Å². The fraction of sp³-hybridized carbons (Fsp3) is 0. The van der Waals surface area contributed by atoms with Gasteiger partial charge in [-0.2, -0.15) is 0 Å². The first kappa shape index (κ1) is 10.3. The highest BCUT2D eigenvalue weighted by Gasteiger charge is 2.27. The average Bonchev–Trinajstić information content (AvgIpc) is 2.37. The molecule has 1 heterocycles. The Kier molecular flexibility index (Phi) is 2.16. The van der Waals surface area contributed by atoms with Crippen LogP contribution in [0.2, 0.25) is 0 Å². The predicted molar refractivity (Wildman–Crippen MR) is 57.2 cm³/mol. The lowest BCUT2D eigenvalue weighted by Gasteiger charge is -1.98. The molecule has 0 unspecified atom stereocenters. The summed E-state index contributed by atoms with van der Waals surface area (Å²) in [6.07, 6.45) is 0. The van der Waals surface area contributed by atoms with Crippen LogP contribution in [-0.2, 0) is 9.84 Å². The van der Waals surface area contributed by atoms with E-state index in [2.05, 4.69) is 15.9 Å². The van der Waals surface area contributed by atoms with E-state index in [4.69, 9.17) is 0 Å². The highest BCUT2D eigenvalue weighted by molar-refractivity contribution is 9.15. The molecule has 2 rings (SSSR count). The molecule has 0 N–H and O–H groups in total. The Hall–Kier alpha value is -1.21. The maximum Gasteiger partial charge on any atom is 0.270 e. The van der Waals surface area contributed by atoms with E-state index in [1.165, 1.54) is 12.1 Å². The Balaban J connectivity index is 2.73. The van der Waals surface area contributed by atoms with Crippen molar-refractivity contribution in [3.05, 3.63) is 39.3 Å². The van der Waals surface area contributed by atoms with Gasteiger partial charge in [0.2, 0.25) is 9.84 Å². The van der Waals surface area contributed by atoms with Crippen LogP contribution in [0.15, 0.2) is 28.5 Å². The number of sulfone groups is 1. The summed E-state index contributed by atoms with van der Waals surface area (Å²) in [5, 5.41) is 11.5. The maximum atomic E-state index is 11.5. The Morgan fingerprint density at radius 1 is 1.33 bits per heavy atom. The van der Waals surface area contributed by atoms with Crippen molar-refractivity contribution in [2.24, 2.45) is 0 Å². The van der Waals surface area contributed by atoms with E-state index in [0.29, 0.717) is 10.0 Å². The number of nitro benzene ring substituents is 1. The van der Waals surface area contributed by atoms with E-state index in [1.807, 2.05) is 0 Å². The minimum atomic E-state index is -3.52. The third-order valence-corrected chi connectivity index (χ3v) is 4.45. The lowest BCUT2D eigenvalue weighted by atomic mass is 10.2. The molecule has 1 aliphatic rings. The van der Waals surface area contributed by atoms with Gasteiger partial charge in [-0.05, 0) is 22.0 Å². The van der Waals surface area contributed by atoms with Gasteiger partial charge in [-0.1, -0.05) is 0 Å². The zero-order valence-corrected chi connectivity index (χ0v) is 9.58. The molecule has 0 amide bonds. The molecule has 78 valence electrons. The number of benzene rings is 1. The summed E-state index contributed by atoms with van der Waals surface area (Å²) >= 11 is 3.09. The third kappa shape index (κ3) is 1.57. The summed E-state index contributed by atoms with van der Waals surface area (Å²) < 4.78 is 23.4. The second-order valence-corrected chi connectivity index (χ2v) is 5.57. The van der Waals surface area contributed by atoms with Crippen LogP contribution in [0.25, 0.3) is 4.48 Å². The fourth-order valence-corrected chi connectivity index (χ4v) is 3.83. The van der Waals surface area contributed by atoms with Crippen LogP contribution in [-0.4, -0.2) is 13.3 Å². The number of nitro groups is 1. The molecule has 5 nitrogen and oxygen atoms in total. The molecular formula is C8H4BrNO4S. The molecule has 0 saturated heterocycles. The zero-order valence-electron chi connectivity index (χ0n) is 7.18. The van der Waals surface area contributed by atoms with Crippen molar-refractivity contribution in [2.75, 3.05) is 0 Å². The van der Waals surface area contributed by atoms with Crippen molar-refractivity contribution in [1.29, 1.82) is 0 Å². The van der Waals surface area contributed by atoms with Gasteiger partial charge in [0.05, 0.1) is 15.2 Å². The van der Waals surface area contributed by atoms with Crippen molar-refractivity contribution < 1.29 is 13.3 Å². The molecule has 0 aliphatic carbocycles. The molecule has 0 saturated carbocycles. The molecule has 1 aliphatic heterocycles. The number of nitrogens with zero attached hydrogens (tertiary/aromatic N) is 1. The Morgan fingerprint density at radius 3 is 2.60 bits per heavy atom. The molecule has 0 aromatic heterocycles. The van der Waals surface area contributed by atoms with Crippen molar-refractivity contribution in [3.63, 3.8) is 0 Å². The first-order valence-electron chi connectivity index (χ1n) is 3.83. The van der Waals surface area contributed by atoms with E-state index in [-0.39, 0.29) is 10.6 Å². The highest BCUT2D eigenvalue weighted by atomic mass is 79.9.